The molecule has 3 rings (SSSR count). The van der Waals surface area contributed by atoms with E-state index in [1.165, 1.54) is 23.5 Å². The Morgan fingerprint density at radius 1 is 1.08 bits per heavy atom. The van der Waals surface area contributed by atoms with Crippen LogP contribution in [0.15, 0.2) is 53.7 Å². The van der Waals surface area contributed by atoms with E-state index in [4.69, 9.17) is 14.3 Å². The molecule has 1 fully saturated rings. The van der Waals surface area contributed by atoms with Crippen LogP contribution in [0, 0.1) is 5.92 Å². The highest BCUT2D eigenvalue weighted by atomic mass is 32.2. The number of carbonyl (C=O) groups is 1. The lowest BCUT2D eigenvalue weighted by Crippen LogP contribution is -2.54. The molecule has 1 heterocycles. The predicted molar refractivity (Wildman–Crippen MR) is 145 cm³/mol. The van der Waals surface area contributed by atoms with Crippen molar-refractivity contribution in [3.05, 3.63) is 54.4 Å². The van der Waals surface area contributed by atoms with E-state index >= 15 is 0 Å². The zero-order valence-corrected chi connectivity index (χ0v) is 23.9. The molecular formula is C28H41N3O6S. The molecule has 10 heteroatoms. The van der Waals surface area contributed by atoms with Gasteiger partial charge in [0.15, 0.2) is 0 Å². The van der Waals surface area contributed by atoms with Crippen LogP contribution in [-0.2, 0) is 30.9 Å². The van der Waals surface area contributed by atoms with Crippen molar-refractivity contribution < 1.29 is 27.5 Å². The Bertz CT molecular complexity index is 1110. The maximum atomic E-state index is 14.2. The zero-order valence-electron chi connectivity index (χ0n) is 23.1. The first kappa shape index (κ1) is 30.0. The third kappa shape index (κ3) is 8.23. The van der Waals surface area contributed by atoms with Gasteiger partial charge in [0.2, 0.25) is 10.0 Å². The number of methoxy groups -OCH3 is 1. The van der Waals surface area contributed by atoms with E-state index in [1.807, 2.05) is 20.8 Å². The molecule has 0 radical (unpaired) electrons. The van der Waals surface area contributed by atoms with E-state index in [2.05, 4.69) is 17.4 Å². The van der Waals surface area contributed by atoms with Crippen LogP contribution in [0.4, 0.5) is 0 Å². The van der Waals surface area contributed by atoms with Gasteiger partial charge in [-0.2, -0.15) is 4.31 Å². The summed E-state index contributed by atoms with van der Waals surface area (Å²) in [6, 6.07) is 8.74. The monoisotopic (exact) mass is 547 g/mol. The van der Waals surface area contributed by atoms with Gasteiger partial charge in [-0.1, -0.05) is 6.92 Å². The predicted octanol–water partition coefficient (Wildman–Crippen LogP) is 4.48. The minimum Gasteiger partial charge on any atom is -0.497 e. The third-order valence-corrected chi connectivity index (χ3v) is 8.36. The minimum absolute atomic E-state index is 0.0107. The van der Waals surface area contributed by atoms with E-state index < -0.39 is 27.6 Å². The van der Waals surface area contributed by atoms with Crippen LogP contribution in [0.5, 0.6) is 5.75 Å². The van der Waals surface area contributed by atoms with Gasteiger partial charge in [0, 0.05) is 25.5 Å². The van der Waals surface area contributed by atoms with Gasteiger partial charge in [-0.15, -0.1) is 0 Å². The Hall–Kier alpha value is -2.53. The number of ether oxygens (including phenoxy) is 2. The van der Waals surface area contributed by atoms with Gasteiger partial charge < -0.3 is 9.47 Å². The first-order valence-corrected chi connectivity index (χ1v) is 14.6. The molecule has 1 amide bonds. The maximum absolute atomic E-state index is 14.2. The number of amides is 1. The highest BCUT2D eigenvalue weighted by Gasteiger charge is 2.43. The molecular weight excluding hydrogens is 506 g/mol. The van der Waals surface area contributed by atoms with Crippen LogP contribution in [0.25, 0.3) is 0 Å². The molecule has 1 N–H and O–H groups in total. The first-order chi connectivity index (χ1) is 18.0. The number of hydroxylamine groups is 1. The number of aromatic nitrogens is 1. The molecule has 1 aliphatic rings. The molecule has 2 aromatic rings. The Balaban J connectivity index is 2.01. The number of nitrogens with zero attached hydrogens (tertiary/aromatic N) is 2. The summed E-state index contributed by atoms with van der Waals surface area (Å²) in [6.07, 6.45) is 7.13. The number of sulfonamides is 1. The molecule has 0 spiro atoms. The number of nitrogens with one attached hydrogen (secondary N) is 1. The van der Waals surface area contributed by atoms with Gasteiger partial charge in [0.05, 0.1) is 23.7 Å². The molecule has 1 aliphatic carbocycles. The molecule has 0 aliphatic heterocycles. The second-order valence-electron chi connectivity index (χ2n) is 10.6. The summed E-state index contributed by atoms with van der Waals surface area (Å²) < 4.78 is 40.8. The Kier molecular flexibility index (Phi) is 10.7. The molecule has 38 heavy (non-hydrogen) atoms. The quantitative estimate of drug-likeness (QED) is 0.391. The van der Waals surface area contributed by atoms with E-state index in [1.54, 1.807) is 36.7 Å². The van der Waals surface area contributed by atoms with Crippen molar-refractivity contribution in [2.24, 2.45) is 5.92 Å². The molecule has 1 aromatic carbocycles. The standard InChI is InChI=1S/C28H41N3O6S/c1-6-19-36-24-9-7-22(8-10-24)26(27(32)30-37-28(2,3)4)31(20-21-15-17-29-18-16-21)38(33,34)25-13-11-23(35-5)12-14-25/h11-18,22,24,26H,6-10,19-20H2,1-5H3,(H,30,32)/t22?,24?,26-/m1/s1. The fourth-order valence-corrected chi connectivity index (χ4v) is 6.22. The molecule has 1 saturated carbocycles. The van der Waals surface area contributed by atoms with Crippen LogP contribution in [0.2, 0.25) is 0 Å². The van der Waals surface area contributed by atoms with Crippen LogP contribution < -0.4 is 10.2 Å². The van der Waals surface area contributed by atoms with Crippen molar-refractivity contribution in [1.29, 1.82) is 0 Å². The summed E-state index contributed by atoms with van der Waals surface area (Å²) in [5.74, 6) is -0.151. The number of hydrogen-bond donors (Lipinski definition) is 1. The molecule has 0 saturated heterocycles. The van der Waals surface area contributed by atoms with Crippen molar-refractivity contribution in [3.8, 4) is 5.75 Å². The molecule has 9 nitrogen and oxygen atoms in total. The highest BCUT2D eigenvalue weighted by Crippen LogP contribution is 2.35. The molecule has 0 bridgehead atoms. The van der Waals surface area contributed by atoms with E-state index in [9.17, 15) is 13.2 Å². The summed E-state index contributed by atoms with van der Waals surface area (Å²) in [5, 5.41) is 0. The number of pyridine rings is 1. The van der Waals surface area contributed by atoms with Gasteiger partial charge in [-0.3, -0.25) is 14.6 Å². The summed E-state index contributed by atoms with van der Waals surface area (Å²) in [4.78, 5) is 23.5. The highest BCUT2D eigenvalue weighted by molar-refractivity contribution is 7.89. The van der Waals surface area contributed by atoms with Gasteiger partial charge in [0.25, 0.3) is 5.91 Å². The Labute approximate surface area is 226 Å². The molecule has 210 valence electrons. The Morgan fingerprint density at radius 2 is 1.71 bits per heavy atom. The summed E-state index contributed by atoms with van der Waals surface area (Å²) in [6.45, 7) is 8.24. The van der Waals surface area contributed by atoms with E-state index in [0.717, 1.165) is 24.8 Å². The minimum atomic E-state index is -4.09. The lowest BCUT2D eigenvalue weighted by Gasteiger charge is -2.39. The Morgan fingerprint density at radius 3 is 2.26 bits per heavy atom. The third-order valence-electron chi connectivity index (χ3n) is 6.51. The van der Waals surface area contributed by atoms with Gasteiger partial charge in [0.1, 0.15) is 11.8 Å². The second-order valence-corrected chi connectivity index (χ2v) is 12.5. The summed E-state index contributed by atoms with van der Waals surface area (Å²) in [5.41, 5.74) is 2.65. The average molecular weight is 548 g/mol. The van der Waals surface area contributed by atoms with Crippen molar-refractivity contribution in [1.82, 2.24) is 14.8 Å². The second kappa shape index (κ2) is 13.5. The van der Waals surface area contributed by atoms with Crippen molar-refractivity contribution in [3.63, 3.8) is 0 Å². The van der Waals surface area contributed by atoms with Crippen molar-refractivity contribution in [2.45, 2.75) is 89.0 Å². The molecule has 1 atom stereocenters. The SMILES string of the molecule is CCCOC1CCC([C@H](C(=O)NOC(C)(C)C)N(Cc2ccncc2)S(=O)(=O)c2ccc(OC)cc2)CC1. The van der Waals surface area contributed by atoms with Crippen LogP contribution in [-0.4, -0.2) is 55.1 Å². The first-order valence-electron chi connectivity index (χ1n) is 13.2. The van der Waals surface area contributed by atoms with Crippen molar-refractivity contribution in [2.75, 3.05) is 13.7 Å². The lowest BCUT2D eigenvalue weighted by molar-refractivity contribution is -0.152. The van der Waals surface area contributed by atoms with Crippen LogP contribution in [0.1, 0.15) is 65.4 Å². The zero-order chi connectivity index (χ0) is 27.8. The molecule has 0 unspecified atom stereocenters. The van der Waals surface area contributed by atoms with Gasteiger partial charge in [-0.05, 0) is 101 Å². The van der Waals surface area contributed by atoms with Crippen LogP contribution >= 0.6 is 0 Å². The van der Waals surface area contributed by atoms with E-state index in [0.29, 0.717) is 25.2 Å². The summed E-state index contributed by atoms with van der Waals surface area (Å²) >= 11 is 0. The van der Waals surface area contributed by atoms with Crippen LogP contribution in [0.3, 0.4) is 0 Å². The smallest absolute Gasteiger partial charge is 0.262 e. The fourth-order valence-electron chi connectivity index (χ4n) is 4.58. The topological polar surface area (TPSA) is 107 Å². The summed E-state index contributed by atoms with van der Waals surface area (Å²) in [7, 11) is -2.57. The maximum Gasteiger partial charge on any atom is 0.262 e. The number of hydrogen-bond acceptors (Lipinski definition) is 7. The van der Waals surface area contributed by atoms with E-state index in [-0.39, 0.29) is 23.5 Å². The average Bonchev–Trinajstić information content (AvgIpc) is 2.91. The van der Waals surface area contributed by atoms with Crippen molar-refractivity contribution >= 4 is 15.9 Å². The fraction of sp³-hybridized carbons (Fsp3) is 0.571. The van der Waals surface area contributed by atoms with Gasteiger partial charge >= 0.3 is 0 Å². The van der Waals surface area contributed by atoms with Gasteiger partial charge in [-0.25, -0.2) is 13.9 Å². The normalized spacial score (nSPS) is 19.2. The largest absolute Gasteiger partial charge is 0.497 e. The number of benzene rings is 1. The molecule has 1 aromatic heterocycles. The number of rotatable bonds is 12. The lowest BCUT2D eigenvalue weighted by atomic mass is 9.82. The number of carbonyl (C=O) groups excluding carboxylic acids is 1.